The second-order valence-corrected chi connectivity index (χ2v) is 8.79. The zero-order chi connectivity index (χ0) is 21.7. The summed E-state index contributed by atoms with van der Waals surface area (Å²) in [5.74, 6) is -1.14. The van der Waals surface area contributed by atoms with Gasteiger partial charge in [0.2, 0.25) is 0 Å². The molecule has 0 spiro atoms. The van der Waals surface area contributed by atoms with Gasteiger partial charge in [-0.25, -0.2) is 0 Å². The lowest BCUT2D eigenvalue weighted by Crippen LogP contribution is -2.48. The fraction of sp³-hybridized carbons (Fsp3) is 0.375. The van der Waals surface area contributed by atoms with Gasteiger partial charge in [0, 0.05) is 11.1 Å². The van der Waals surface area contributed by atoms with Crippen molar-refractivity contribution in [3.05, 3.63) is 60.1 Å². The maximum absolute atomic E-state index is 13.8. The molecule has 1 aromatic heterocycles. The van der Waals surface area contributed by atoms with Crippen LogP contribution in [0.2, 0.25) is 0 Å². The van der Waals surface area contributed by atoms with E-state index in [4.69, 9.17) is 9.15 Å². The number of methoxy groups -OCH3 is 1. The molecule has 0 saturated carbocycles. The van der Waals surface area contributed by atoms with E-state index >= 15 is 0 Å². The summed E-state index contributed by atoms with van der Waals surface area (Å²) in [5.41, 5.74) is -0.595. The zero-order valence-electron chi connectivity index (χ0n) is 17.5. The number of Topliss-reactive ketones (excluding diaryl/α,β-unsaturated/α-hetero) is 1. The molecule has 4 rings (SSSR count). The highest BCUT2D eigenvalue weighted by molar-refractivity contribution is 5.99. The number of hydrogen-bond donors (Lipinski definition) is 0. The Morgan fingerprint density at radius 1 is 1.20 bits per heavy atom. The van der Waals surface area contributed by atoms with Crippen LogP contribution in [0.15, 0.2) is 53.2 Å². The van der Waals surface area contributed by atoms with Crippen LogP contribution in [0.4, 0.5) is 5.69 Å². The predicted octanol–water partition coefficient (Wildman–Crippen LogP) is 3.95. The first-order valence-corrected chi connectivity index (χ1v) is 9.90. The molecule has 6 nitrogen and oxygen atoms in total. The molecule has 4 atom stereocenters. The largest absolute Gasteiger partial charge is 0.469 e. The second kappa shape index (κ2) is 6.88. The van der Waals surface area contributed by atoms with E-state index < -0.39 is 34.8 Å². The summed E-state index contributed by atoms with van der Waals surface area (Å²) in [6.45, 7) is 5.54. The number of rotatable bonds is 3. The number of fused-ring (bicyclic) bond motifs is 3. The molecule has 1 fully saturated rings. The fourth-order valence-electron chi connectivity index (χ4n) is 4.76. The smallest absolute Gasteiger partial charge is 0.329 e. The lowest BCUT2D eigenvalue weighted by atomic mass is 9.68. The molecule has 0 unspecified atom stereocenters. The lowest BCUT2D eigenvalue weighted by molar-refractivity contribution is -0.150. The summed E-state index contributed by atoms with van der Waals surface area (Å²) in [6, 6.07) is 11.9. The van der Waals surface area contributed by atoms with Crippen molar-refractivity contribution in [2.75, 3.05) is 12.0 Å². The number of carbonyl (C=O) groups is 2. The van der Waals surface area contributed by atoms with Crippen molar-refractivity contribution in [1.29, 1.82) is 5.26 Å². The van der Waals surface area contributed by atoms with Crippen LogP contribution < -0.4 is 4.90 Å². The number of para-hydroxylation sites is 1. The van der Waals surface area contributed by atoms with Crippen molar-refractivity contribution >= 4 is 23.5 Å². The first-order valence-electron chi connectivity index (χ1n) is 9.90. The van der Waals surface area contributed by atoms with Crippen LogP contribution >= 0.6 is 0 Å². The number of furan rings is 1. The average Bonchev–Trinajstić information content (AvgIpc) is 3.36. The number of anilines is 1. The number of carbonyl (C=O) groups excluding carboxylic acids is 2. The number of benzene rings is 1. The highest BCUT2D eigenvalue weighted by Gasteiger charge is 2.68. The highest BCUT2D eigenvalue weighted by Crippen LogP contribution is 2.56. The molecule has 30 heavy (non-hydrogen) atoms. The van der Waals surface area contributed by atoms with E-state index in [0.717, 1.165) is 11.3 Å². The summed E-state index contributed by atoms with van der Waals surface area (Å²) in [5, 5.41) is 10.4. The van der Waals surface area contributed by atoms with Crippen LogP contribution in [0.3, 0.4) is 0 Å². The van der Waals surface area contributed by atoms with Gasteiger partial charge in [-0.1, -0.05) is 51.1 Å². The first-order chi connectivity index (χ1) is 14.3. The van der Waals surface area contributed by atoms with Crippen LogP contribution in [0.5, 0.6) is 0 Å². The molecule has 154 valence electrons. The Labute approximate surface area is 175 Å². The average molecular weight is 404 g/mol. The lowest BCUT2D eigenvalue weighted by Gasteiger charge is -2.37. The first kappa shape index (κ1) is 20.0. The van der Waals surface area contributed by atoms with Crippen molar-refractivity contribution in [2.45, 2.75) is 38.8 Å². The SMILES string of the molecule is COC(=O)[C@]1(C#N)[C@H](c2ccco2)[C@H](C(=O)C(C)(C)C)N2c3ccccc3C=C[C@@H]21. The summed E-state index contributed by atoms with van der Waals surface area (Å²) in [7, 11) is 1.27. The molecule has 2 aromatic rings. The van der Waals surface area contributed by atoms with Gasteiger partial charge in [-0.2, -0.15) is 5.26 Å². The van der Waals surface area contributed by atoms with Crippen molar-refractivity contribution < 1.29 is 18.7 Å². The number of esters is 1. The fourth-order valence-corrected chi connectivity index (χ4v) is 4.76. The topological polar surface area (TPSA) is 83.5 Å². The standard InChI is InChI=1S/C24H24N2O4/c1-23(2,3)21(27)20-19(17-10-7-13-30-17)24(14-25,22(28)29-4)18-12-11-15-8-5-6-9-16(15)26(18)20/h5-13,18-20H,1-4H3/t18-,19-,20-,24+/m1/s1. The Hall–Kier alpha value is -3.33. The monoisotopic (exact) mass is 404 g/mol. The minimum Gasteiger partial charge on any atom is -0.469 e. The van der Waals surface area contributed by atoms with Crippen LogP contribution in [0.1, 0.15) is 38.0 Å². The van der Waals surface area contributed by atoms with E-state index in [1.54, 1.807) is 12.1 Å². The third kappa shape index (κ3) is 2.62. The Morgan fingerprint density at radius 2 is 1.93 bits per heavy atom. The molecule has 6 heteroatoms. The molecular formula is C24H24N2O4. The summed E-state index contributed by atoms with van der Waals surface area (Å²) in [4.78, 5) is 28.9. The minimum atomic E-state index is -1.64. The molecule has 0 bridgehead atoms. The van der Waals surface area contributed by atoms with Crippen molar-refractivity contribution in [3.8, 4) is 6.07 Å². The molecule has 3 heterocycles. The van der Waals surface area contributed by atoms with Gasteiger partial charge in [-0.15, -0.1) is 0 Å². The zero-order valence-corrected chi connectivity index (χ0v) is 17.5. The summed E-state index contributed by atoms with van der Waals surface area (Å²) in [6.07, 6.45) is 5.22. The third-order valence-corrected chi connectivity index (χ3v) is 6.11. The number of hydrogen-bond acceptors (Lipinski definition) is 6. The molecular weight excluding hydrogens is 380 g/mol. The Morgan fingerprint density at radius 3 is 2.53 bits per heavy atom. The molecule has 0 aliphatic carbocycles. The van der Waals surface area contributed by atoms with Gasteiger partial charge in [0.15, 0.2) is 11.2 Å². The number of nitrogens with zero attached hydrogens (tertiary/aromatic N) is 2. The van der Waals surface area contributed by atoms with E-state index in [0.29, 0.717) is 5.76 Å². The van der Waals surface area contributed by atoms with Gasteiger partial charge >= 0.3 is 5.97 Å². The number of ether oxygens (including phenoxy) is 1. The van der Waals surface area contributed by atoms with Crippen LogP contribution in [0, 0.1) is 22.2 Å². The van der Waals surface area contributed by atoms with Gasteiger partial charge in [-0.3, -0.25) is 9.59 Å². The van der Waals surface area contributed by atoms with Crippen LogP contribution in [0.25, 0.3) is 6.08 Å². The van der Waals surface area contributed by atoms with Crippen molar-refractivity contribution in [1.82, 2.24) is 0 Å². The van der Waals surface area contributed by atoms with Crippen LogP contribution in [-0.2, 0) is 14.3 Å². The van der Waals surface area contributed by atoms with Gasteiger partial charge in [0.25, 0.3) is 0 Å². The van der Waals surface area contributed by atoms with Gasteiger partial charge in [-0.05, 0) is 23.8 Å². The van der Waals surface area contributed by atoms with E-state index in [-0.39, 0.29) is 5.78 Å². The number of nitriles is 1. The molecule has 2 aliphatic rings. The number of ketones is 1. The molecule has 1 saturated heterocycles. The summed E-state index contributed by atoms with van der Waals surface area (Å²) >= 11 is 0. The maximum Gasteiger partial charge on any atom is 0.329 e. The molecule has 1 aromatic carbocycles. The Bertz CT molecular complexity index is 1060. The quantitative estimate of drug-likeness (QED) is 0.721. The molecule has 0 N–H and O–H groups in total. The molecule has 2 aliphatic heterocycles. The third-order valence-electron chi connectivity index (χ3n) is 6.11. The maximum atomic E-state index is 13.8. The predicted molar refractivity (Wildman–Crippen MR) is 112 cm³/mol. The Balaban J connectivity index is 2.05. The van der Waals surface area contributed by atoms with Crippen molar-refractivity contribution in [3.63, 3.8) is 0 Å². The second-order valence-electron chi connectivity index (χ2n) is 8.79. The van der Waals surface area contributed by atoms with Crippen molar-refractivity contribution in [2.24, 2.45) is 10.8 Å². The van der Waals surface area contributed by atoms with E-state index in [9.17, 15) is 14.9 Å². The van der Waals surface area contributed by atoms with Gasteiger partial charge in [0.05, 0.1) is 31.4 Å². The van der Waals surface area contributed by atoms with E-state index in [1.165, 1.54) is 13.4 Å². The van der Waals surface area contributed by atoms with E-state index in [2.05, 4.69) is 6.07 Å². The van der Waals surface area contributed by atoms with E-state index in [1.807, 2.05) is 62.1 Å². The van der Waals surface area contributed by atoms with Gasteiger partial charge in [0.1, 0.15) is 11.8 Å². The summed E-state index contributed by atoms with van der Waals surface area (Å²) < 4.78 is 10.8. The molecule has 0 radical (unpaired) electrons. The van der Waals surface area contributed by atoms with Crippen LogP contribution in [-0.4, -0.2) is 30.9 Å². The Kier molecular flexibility index (Phi) is 4.58. The minimum absolute atomic E-state index is 0.0694. The highest BCUT2D eigenvalue weighted by atomic mass is 16.5. The normalized spacial score (nSPS) is 27.2. The van der Waals surface area contributed by atoms with Gasteiger partial charge < -0.3 is 14.1 Å². The molecule has 0 amide bonds.